The third-order valence-electron chi connectivity index (χ3n) is 3.33. The Morgan fingerprint density at radius 2 is 2.11 bits per heavy atom. The maximum absolute atomic E-state index is 12.2. The second-order valence-electron chi connectivity index (χ2n) is 4.69. The van der Waals surface area contributed by atoms with Crippen molar-refractivity contribution in [3.05, 3.63) is 48.3 Å². The molecule has 98 valence electrons. The maximum atomic E-state index is 12.2. The summed E-state index contributed by atoms with van der Waals surface area (Å²) >= 11 is 0. The average molecular weight is 257 g/mol. The molecule has 1 aliphatic heterocycles. The van der Waals surface area contributed by atoms with Gasteiger partial charge in [-0.05, 0) is 36.8 Å². The molecule has 5 nitrogen and oxygen atoms in total. The molecule has 1 atom stereocenters. The van der Waals surface area contributed by atoms with Crippen LogP contribution in [0.5, 0.6) is 0 Å². The molecule has 5 heteroatoms. The lowest BCUT2D eigenvalue weighted by atomic mass is 10.2. The SMILES string of the molecule is O=C(c1ccc(-n2cccn2)cc1)N1CCC(O)C1. The summed E-state index contributed by atoms with van der Waals surface area (Å²) in [7, 11) is 0. The molecule has 2 heterocycles. The van der Waals surface area contributed by atoms with Crippen LogP contribution in [0, 0.1) is 0 Å². The number of likely N-dealkylation sites (tertiary alicyclic amines) is 1. The number of benzene rings is 1. The van der Waals surface area contributed by atoms with Gasteiger partial charge in [0.25, 0.3) is 5.91 Å². The first kappa shape index (κ1) is 11.9. The van der Waals surface area contributed by atoms with Gasteiger partial charge in [0.15, 0.2) is 0 Å². The van der Waals surface area contributed by atoms with Gasteiger partial charge in [0.1, 0.15) is 0 Å². The monoisotopic (exact) mass is 257 g/mol. The number of amides is 1. The first-order valence-corrected chi connectivity index (χ1v) is 6.31. The number of nitrogens with zero attached hydrogens (tertiary/aromatic N) is 3. The summed E-state index contributed by atoms with van der Waals surface area (Å²) in [5.74, 6) is -0.0245. The van der Waals surface area contributed by atoms with Crippen molar-refractivity contribution >= 4 is 5.91 Å². The first-order chi connectivity index (χ1) is 9.24. The molecule has 1 aliphatic rings. The Balaban J connectivity index is 1.77. The molecule has 1 saturated heterocycles. The van der Waals surface area contributed by atoms with E-state index in [0.29, 0.717) is 25.1 Å². The number of hydrogen-bond acceptors (Lipinski definition) is 3. The maximum Gasteiger partial charge on any atom is 0.253 e. The average Bonchev–Trinajstić information content (AvgIpc) is 3.09. The van der Waals surface area contributed by atoms with Crippen LogP contribution in [0.2, 0.25) is 0 Å². The van der Waals surface area contributed by atoms with E-state index in [1.54, 1.807) is 27.9 Å². The molecule has 0 saturated carbocycles. The summed E-state index contributed by atoms with van der Waals surface area (Å²) in [6, 6.07) is 9.18. The fourth-order valence-corrected chi connectivity index (χ4v) is 2.29. The third kappa shape index (κ3) is 2.37. The van der Waals surface area contributed by atoms with Crippen LogP contribution >= 0.6 is 0 Å². The molecule has 0 spiro atoms. The van der Waals surface area contributed by atoms with Gasteiger partial charge in [0.05, 0.1) is 11.8 Å². The number of aromatic nitrogens is 2. The predicted octanol–water partition coefficient (Wildman–Crippen LogP) is 1.08. The second kappa shape index (κ2) is 4.85. The second-order valence-corrected chi connectivity index (χ2v) is 4.69. The Morgan fingerprint density at radius 3 is 2.68 bits per heavy atom. The highest BCUT2D eigenvalue weighted by molar-refractivity contribution is 5.94. The molecule has 1 amide bonds. The Bertz CT molecular complexity index is 563. The van der Waals surface area contributed by atoms with E-state index >= 15 is 0 Å². The zero-order valence-corrected chi connectivity index (χ0v) is 10.4. The van der Waals surface area contributed by atoms with E-state index in [1.807, 2.05) is 24.4 Å². The van der Waals surface area contributed by atoms with Gasteiger partial charge >= 0.3 is 0 Å². The summed E-state index contributed by atoms with van der Waals surface area (Å²) in [5, 5.41) is 13.6. The van der Waals surface area contributed by atoms with E-state index in [-0.39, 0.29) is 12.0 Å². The van der Waals surface area contributed by atoms with Gasteiger partial charge in [-0.15, -0.1) is 0 Å². The lowest BCUT2D eigenvalue weighted by Gasteiger charge is -2.15. The normalized spacial score (nSPS) is 18.8. The predicted molar refractivity (Wildman–Crippen MR) is 70.1 cm³/mol. The van der Waals surface area contributed by atoms with Crippen molar-refractivity contribution in [2.75, 3.05) is 13.1 Å². The quantitative estimate of drug-likeness (QED) is 0.875. The Kier molecular flexibility index (Phi) is 3.05. The van der Waals surface area contributed by atoms with E-state index in [9.17, 15) is 9.90 Å². The first-order valence-electron chi connectivity index (χ1n) is 6.31. The zero-order chi connectivity index (χ0) is 13.2. The molecule has 1 aromatic heterocycles. The van der Waals surface area contributed by atoms with E-state index in [1.165, 1.54) is 0 Å². The van der Waals surface area contributed by atoms with Crippen molar-refractivity contribution in [3.63, 3.8) is 0 Å². The van der Waals surface area contributed by atoms with Gasteiger partial charge in [0.2, 0.25) is 0 Å². The number of aliphatic hydroxyl groups is 1. The van der Waals surface area contributed by atoms with E-state index in [0.717, 1.165) is 5.69 Å². The van der Waals surface area contributed by atoms with Crippen LogP contribution in [-0.2, 0) is 0 Å². The summed E-state index contributed by atoms with van der Waals surface area (Å²) in [6.07, 6.45) is 3.85. The molecule has 1 unspecified atom stereocenters. The van der Waals surface area contributed by atoms with Gasteiger partial charge < -0.3 is 10.0 Å². The smallest absolute Gasteiger partial charge is 0.253 e. The minimum absolute atomic E-state index is 0.0245. The van der Waals surface area contributed by atoms with E-state index < -0.39 is 0 Å². The number of hydrogen-bond donors (Lipinski definition) is 1. The lowest BCUT2D eigenvalue weighted by Crippen LogP contribution is -2.29. The fourth-order valence-electron chi connectivity index (χ4n) is 2.29. The Hall–Kier alpha value is -2.14. The molecule has 3 rings (SSSR count). The molecule has 2 aromatic rings. The van der Waals surface area contributed by atoms with Gasteiger partial charge in [0, 0.05) is 31.0 Å². The highest BCUT2D eigenvalue weighted by Crippen LogP contribution is 2.15. The van der Waals surface area contributed by atoms with Gasteiger partial charge in [-0.1, -0.05) is 0 Å². The molecular weight excluding hydrogens is 242 g/mol. The van der Waals surface area contributed by atoms with Crippen LogP contribution in [0.3, 0.4) is 0 Å². The number of rotatable bonds is 2. The lowest BCUT2D eigenvalue weighted by molar-refractivity contribution is 0.0765. The highest BCUT2D eigenvalue weighted by atomic mass is 16.3. The van der Waals surface area contributed by atoms with Gasteiger partial charge in [-0.25, -0.2) is 4.68 Å². The standard InChI is InChI=1S/C14H15N3O2/c18-13-6-9-16(10-13)14(19)11-2-4-12(5-3-11)17-8-1-7-15-17/h1-5,7-8,13,18H,6,9-10H2. The van der Waals surface area contributed by atoms with E-state index in [4.69, 9.17) is 0 Å². The van der Waals surface area contributed by atoms with Crippen LogP contribution in [0.15, 0.2) is 42.7 Å². The van der Waals surface area contributed by atoms with Crippen LogP contribution in [0.1, 0.15) is 16.8 Å². The molecule has 1 aromatic carbocycles. The van der Waals surface area contributed by atoms with Crippen molar-refractivity contribution in [2.45, 2.75) is 12.5 Å². The Morgan fingerprint density at radius 1 is 1.32 bits per heavy atom. The molecule has 0 bridgehead atoms. The Labute approximate surface area is 111 Å². The summed E-state index contributed by atoms with van der Waals surface area (Å²) in [4.78, 5) is 13.9. The summed E-state index contributed by atoms with van der Waals surface area (Å²) < 4.78 is 1.74. The topological polar surface area (TPSA) is 58.4 Å². The third-order valence-corrected chi connectivity index (χ3v) is 3.33. The van der Waals surface area contributed by atoms with Crippen LogP contribution < -0.4 is 0 Å². The fraction of sp³-hybridized carbons (Fsp3) is 0.286. The molecular formula is C14H15N3O2. The summed E-state index contributed by atoms with van der Waals surface area (Å²) in [6.45, 7) is 1.06. The van der Waals surface area contributed by atoms with Crippen LogP contribution in [0.25, 0.3) is 5.69 Å². The number of carbonyl (C=O) groups excluding carboxylic acids is 1. The minimum Gasteiger partial charge on any atom is -0.391 e. The molecule has 0 aliphatic carbocycles. The number of aliphatic hydroxyl groups excluding tert-OH is 1. The molecule has 0 radical (unpaired) electrons. The minimum atomic E-state index is -0.382. The molecule has 1 N–H and O–H groups in total. The van der Waals surface area contributed by atoms with Crippen LogP contribution in [0.4, 0.5) is 0 Å². The van der Waals surface area contributed by atoms with Gasteiger partial charge in [-0.2, -0.15) is 5.10 Å². The molecule has 1 fully saturated rings. The van der Waals surface area contributed by atoms with Crippen molar-refractivity contribution in [1.29, 1.82) is 0 Å². The number of β-amino-alcohol motifs (C(OH)–C–C–N with tert-alkyl or cyclic N) is 1. The zero-order valence-electron chi connectivity index (χ0n) is 10.4. The van der Waals surface area contributed by atoms with E-state index in [2.05, 4.69) is 5.10 Å². The van der Waals surface area contributed by atoms with Crippen LogP contribution in [-0.4, -0.2) is 44.9 Å². The highest BCUT2D eigenvalue weighted by Gasteiger charge is 2.25. The summed E-state index contributed by atoms with van der Waals surface area (Å²) in [5.41, 5.74) is 1.56. The van der Waals surface area contributed by atoms with Crippen molar-refractivity contribution in [2.24, 2.45) is 0 Å². The van der Waals surface area contributed by atoms with Crippen molar-refractivity contribution in [1.82, 2.24) is 14.7 Å². The van der Waals surface area contributed by atoms with Gasteiger partial charge in [-0.3, -0.25) is 4.79 Å². The van der Waals surface area contributed by atoms with Crippen molar-refractivity contribution < 1.29 is 9.90 Å². The molecule has 19 heavy (non-hydrogen) atoms. The number of carbonyl (C=O) groups is 1. The van der Waals surface area contributed by atoms with Crippen molar-refractivity contribution in [3.8, 4) is 5.69 Å². The largest absolute Gasteiger partial charge is 0.391 e.